The number of hydrogen-bond acceptors (Lipinski definition) is 4. The molecule has 2 aliphatic heterocycles. The molecule has 1 aromatic rings. The zero-order valence-corrected chi connectivity index (χ0v) is 15.1. The molecule has 2 saturated heterocycles. The zero-order chi connectivity index (χ0) is 17.6. The quantitative estimate of drug-likeness (QED) is 0.840. The second-order valence-electron chi connectivity index (χ2n) is 6.86. The fourth-order valence-corrected chi connectivity index (χ4v) is 3.57. The van der Waals surface area contributed by atoms with Crippen molar-refractivity contribution in [3.05, 3.63) is 29.6 Å². The highest BCUT2D eigenvalue weighted by Crippen LogP contribution is 2.14. The minimum Gasteiger partial charge on any atom is -0.337 e. The number of rotatable bonds is 3. The van der Waals surface area contributed by atoms with Crippen LogP contribution in [0.5, 0.6) is 0 Å². The van der Waals surface area contributed by atoms with Gasteiger partial charge in [-0.05, 0) is 31.5 Å². The van der Waals surface area contributed by atoms with Crippen LogP contribution in [0.15, 0.2) is 18.3 Å². The number of nitrogens with zero attached hydrogens (tertiary/aromatic N) is 4. The van der Waals surface area contributed by atoms with Gasteiger partial charge in [-0.3, -0.25) is 14.6 Å². The number of hydrogen-bond donors (Lipinski definition) is 0. The van der Waals surface area contributed by atoms with E-state index in [0.29, 0.717) is 11.3 Å². The predicted octanol–water partition coefficient (Wildman–Crippen LogP) is 1.88. The van der Waals surface area contributed by atoms with Gasteiger partial charge in [0.05, 0.1) is 0 Å². The highest BCUT2D eigenvalue weighted by molar-refractivity contribution is 5.98. The van der Waals surface area contributed by atoms with Crippen molar-refractivity contribution >= 4 is 11.8 Å². The number of aromatic nitrogens is 1. The van der Waals surface area contributed by atoms with Gasteiger partial charge in [0.25, 0.3) is 11.8 Å². The second kappa shape index (κ2) is 8.43. The number of likely N-dealkylation sites (tertiary alicyclic amines) is 1. The van der Waals surface area contributed by atoms with E-state index < -0.39 is 0 Å². The van der Waals surface area contributed by atoms with Gasteiger partial charge in [0, 0.05) is 51.0 Å². The molecule has 25 heavy (non-hydrogen) atoms. The standard InChI is InChI=1S/C19H28N4O2/c1-2-21-11-13-23(14-12-21)18(24)16-7-8-20-17(15-16)19(25)22-9-5-3-4-6-10-22/h7-8,15H,2-6,9-14H2,1H3. The van der Waals surface area contributed by atoms with Gasteiger partial charge in [0.15, 0.2) is 0 Å². The molecule has 2 amide bonds. The summed E-state index contributed by atoms with van der Waals surface area (Å²) in [7, 11) is 0. The molecule has 0 aliphatic carbocycles. The molecule has 3 heterocycles. The highest BCUT2D eigenvalue weighted by atomic mass is 16.2. The minimum absolute atomic E-state index is 0.00284. The third-order valence-corrected chi connectivity index (χ3v) is 5.23. The first-order valence-electron chi connectivity index (χ1n) is 9.46. The molecule has 0 bridgehead atoms. The summed E-state index contributed by atoms with van der Waals surface area (Å²) in [5.41, 5.74) is 0.957. The monoisotopic (exact) mass is 344 g/mol. The van der Waals surface area contributed by atoms with Gasteiger partial charge in [-0.1, -0.05) is 19.8 Å². The Morgan fingerprint density at radius 2 is 1.56 bits per heavy atom. The molecule has 0 aromatic carbocycles. The Hall–Kier alpha value is -1.95. The Labute approximate surface area is 149 Å². The molecule has 136 valence electrons. The molecule has 0 radical (unpaired) electrons. The molecule has 6 nitrogen and oxygen atoms in total. The fourth-order valence-electron chi connectivity index (χ4n) is 3.57. The molecule has 0 N–H and O–H groups in total. The van der Waals surface area contributed by atoms with Crippen LogP contribution in [-0.2, 0) is 0 Å². The van der Waals surface area contributed by atoms with E-state index in [1.807, 2.05) is 9.80 Å². The van der Waals surface area contributed by atoms with Crippen molar-refractivity contribution in [1.82, 2.24) is 19.7 Å². The van der Waals surface area contributed by atoms with Crippen LogP contribution in [0.1, 0.15) is 53.5 Å². The molecule has 2 fully saturated rings. The van der Waals surface area contributed by atoms with Gasteiger partial charge in [-0.15, -0.1) is 0 Å². The lowest BCUT2D eigenvalue weighted by atomic mass is 10.1. The number of pyridine rings is 1. The summed E-state index contributed by atoms with van der Waals surface area (Å²) in [6.07, 6.45) is 6.04. The molecule has 1 aromatic heterocycles. The summed E-state index contributed by atoms with van der Waals surface area (Å²) in [5.74, 6) is -0.0459. The smallest absolute Gasteiger partial charge is 0.272 e. The van der Waals surface area contributed by atoms with E-state index in [0.717, 1.165) is 58.7 Å². The number of piperazine rings is 1. The van der Waals surface area contributed by atoms with Gasteiger partial charge in [-0.2, -0.15) is 0 Å². The van der Waals surface area contributed by atoms with E-state index in [1.165, 1.54) is 12.8 Å². The molecule has 0 spiro atoms. The minimum atomic E-state index is -0.0487. The molecular formula is C19H28N4O2. The van der Waals surface area contributed by atoms with Gasteiger partial charge in [0.1, 0.15) is 5.69 Å². The van der Waals surface area contributed by atoms with Crippen LogP contribution in [0.25, 0.3) is 0 Å². The summed E-state index contributed by atoms with van der Waals surface area (Å²) in [4.78, 5) is 35.8. The van der Waals surface area contributed by atoms with Crippen LogP contribution in [0.3, 0.4) is 0 Å². The molecule has 0 atom stereocenters. The normalized spacial score (nSPS) is 19.6. The van der Waals surface area contributed by atoms with E-state index in [9.17, 15) is 9.59 Å². The Bertz CT molecular complexity index is 603. The van der Waals surface area contributed by atoms with Crippen molar-refractivity contribution < 1.29 is 9.59 Å². The predicted molar refractivity (Wildman–Crippen MR) is 96.6 cm³/mol. The van der Waals surface area contributed by atoms with E-state index >= 15 is 0 Å². The van der Waals surface area contributed by atoms with E-state index in [1.54, 1.807) is 18.3 Å². The molecule has 2 aliphatic rings. The van der Waals surface area contributed by atoms with Crippen LogP contribution >= 0.6 is 0 Å². The van der Waals surface area contributed by atoms with Crippen molar-refractivity contribution in [2.24, 2.45) is 0 Å². The van der Waals surface area contributed by atoms with Crippen molar-refractivity contribution in [3.8, 4) is 0 Å². The molecular weight excluding hydrogens is 316 g/mol. The van der Waals surface area contributed by atoms with Crippen LogP contribution in [0.2, 0.25) is 0 Å². The third kappa shape index (κ3) is 4.37. The number of carbonyl (C=O) groups is 2. The first kappa shape index (κ1) is 17.9. The maximum Gasteiger partial charge on any atom is 0.272 e. The lowest BCUT2D eigenvalue weighted by Gasteiger charge is -2.34. The fraction of sp³-hybridized carbons (Fsp3) is 0.632. The first-order valence-corrected chi connectivity index (χ1v) is 9.46. The summed E-state index contributed by atoms with van der Waals surface area (Å²) in [6, 6.07) is 3.38. The zero-order valence-electron chi connectivity index (χ0n) is 15.1. The molecule has 3 rings (SSSR count). The number of amides is 2. The van der Waals surface area contributed by atoms with Crippen molar-refractivity contribution in [2.75, 3.05) is 45.8 Å². The van der Waals surface area contributed by atoms with E-state index in [4.69, 9.17) is 0 Å². The summed E-state index contributed by atoms with van der Waals surface area (Å²) < 4.78 is 0. The maximum absolute atomic E-state index is 12.8. The lowest BCUT2D eigenvalue weighted by molar-refractivity contribution is 0.0643. The van der Waals surface area contributed by atoms with Crippen LogP contribution in [0, 0.1) is 0 Å². The Morgan fingerprint density at radius 3 is 2.20 bits per heavy atom. The average Bonchev–Trinajstić information content (AvgIpc) is 2.96. The SMILES string of the molecule is CCN1CCN(C(=O)c2ccnc(C(=O)N3CCCCCC3)c2)CC1. The summed E-state index contributed by atoms with van der Waals surface area (Å²) in [5, 5.41) is 0. The lowest BCUT2D eigenvalue weighted by Crippen LogP contribution is -2.48. The third-order valence-electron chi connectivity index (χ3n) is 5.23. The van der Waals surface area contributed by atoms with Gasteiger partial charge < -0.3 is 14.7 Å². The van der Waals surface area contributed by atoms with Crippen molar-refractivity contribution in [2.45, 2.75) is 32.6 Å². The highest BCUT2D eigenvalue weighted by Gasteiger charge is 2.23. The topological polar surface area (TPSA) is 56.8 Å². The van der Waals surface area contributed by atoms with Crippen molar-refractivity contribution in [3.63, 3.8) is 0 Å². The molecule has 0 saturated carbocycles. The van der Waals surface area contributed by atoms with Gasteiger partial charge >= 0.3 is 0 Å². The average molecular weight is 344 g/mol. The van der Waals surface area contributed by atoms with E-state index in [-0.39, 0.29) is 11.8 Å². The largest absolute Gasteiger partial charge is 0.337 e. The number of carbonyl (C=O) groups excluding carboxylic acids is 2. The molecule has 6 heteroatoms. The van der Waals surface area contributed by atoms with Crippen molar-refractivity contribution in [1.29, 1.82) is 0 Å². The Morgan fingerprint density at radius 1 is 0.920 bits per heavy atom. The van der Waals surface area contributed by atoms with Crippen LogP contribution < -0.4 is 0 Å². The Balaban J connectivity index is 1.68. The summed E-state index contributed by atoms with van der Waals surface area (Å²) in [6.45, 7) is 8.04. The molecule has 0 unspecified atom stereocenters. The van der Waals surface area contributed by atoms with Crippen LogP contribution in [-0.4, -0.2) is 77.3 Å². The van der Waals surface area contributed by atoms with E-state index in [2.05, 4.69) is 16.8 Å². The van der Waals surface area contributed by atoms with Crippen LogP contribution in [0.4, 0.5) is 0 Å². The van der Waals surface area contributed by atoms with Gasteiger partial charge in [-0.25, -0.2) is 0 Å². The summed E-state index contributed by atoms with van der Waals surface area (Å²) >= 11 is 0. The first-order chi connectivity index (χ1) is 12.2. The maximum atomic E-state index is 12.8. The van der Waals surface area contributed by atoms with Gasteiger partial charge in [0.2, 0.25) is 0 Å². The number of likely N-dealkylation sites (N-methyl/N-ethyl adjacent to an activating group) is 1. The Kier molecular flexibility index (Phi) is 6.02. The second-order valence-corrected chi connectivity index (χ2v) is 6.86.